The lowest BCUT2D eigenvalue weighted by Gasteiger charge is -2.43. The molecule has 0 amide bonds. The van der Waals surface area contributed by atoms with Gasteiger partial charge < -0.3 is 4.57 Å². The molecule has 0 radical (unpaired) electrons. The number of hydrogen-bond acceptors (Lipinski definition) is 3. The van der Waals surface area contributed by atoms with Gasteiger partial charge in [-0.25, -0.2) is 4.68 Å². The normalized spacial score (nSPS) is 24.2. The molecule has 2 aromatic rings. The molecule has 25 heavy (non-hydrogen) atoms. The summed E-state index contributed by atoms with van der Waals surface area (Å²) in [4.78, 5) is 2.64. The van der Waals surface area contributed by atoms with Crippen LogP contribution in [-0.2, 0) is 13.2 Å². The van der Waals surface area contributed by atoms with Gasteiger partial charge in [-0.3, -0.25) is 4.90 Å². The topological polar surface area (TPSA) is 26.0 Å². The number of fused-ring (bicyclic) bond motifs is 1. The van der Waals surface area contributed by atoms with Gasteiger partial charge in [0.15, 0.2) is 10.6 Å². The first kappa shape index (κ1) is 17.0. The maximum absolute atomic E-state index is 5.76. The lowest BCUT2D eigenvalue weighted by Crippen LogP contribution is -2.47. The van der Waals surface area contributed by atoms with E-state index >= 15 is 0 Å². The van der Waals surface area contributed by atoms with Crippen molar-refractivity contribution in [3.8, 4) is 11.4 Å². The Morgan fingerprint density at radius 3 is 2.64 bits per heavy atom. The summed E-state index contributed by atoms with van der Waals surface area (Å²) < 4.78 is 5.06. The SMILES string of the molecule is CCn1c(-c2ccccc2)nn(CN2CCC[C@@H]3CCCC[C@@H]32)c1=S. The number of rotatable bonds is 4. The molecule has 5 heteroatoms. The molecular formula is C20H28N4S. The Kier molecular flexibility index (Phi) is 5.04. The number of benzene rings is 1. The Hall–Kier alpha value is -1.46. The van der Waals surface area contributed by atoms with Crippen LogP contribution in [0.25, 0.3) is 11.4 Å². The van der Waals surface area contributed by atoms with Gasteiger partial charge in [-0.15, -0.1) is 0 Å². The lowest BCUT2D eigenvalue weighted by atomic mass is 9.78. The van der Waals surface area contributed by atoms with Crippen LogP contribution in [0.5, 0.6) is 0 Å². The molecule has 0 spiro atoms. The average Bonchev–Trinajstić information content (AvgIpc) is 2.98. The third-order valence-corrected chi connectivity index (χ3v) is 6.38. The van der Waals surface area contributed by atoms with E-state index in [0.29, 0.717) is 0 Å². The Labute approximate surface area is 155 Å². The quantitative estimate of drug-likeness (QED) is 0.742. The summed E-state index contributed by atoms with van der Waals surface area (Å²) in [6, 6.07) is 11.1. The van der Waals surface area contributed by atoms with Gasteiger partial charge in [0.1, 0.15) is 0 Å². The molecule has 0 N–H and O–H groups in total. The molecule has 1 aliphatic heterocycles. The number of nitrogens with zero attached hydrogens (tertiary/aromatic N) is 4. The van der Waals surface area contributed by atoms with Crippen molar-refractivity contribution in [2.45, 2.75) is 64.7 Å². The van der Waals surface area contributed by atoms with E-state index in [2.05, 4.69) is 45.3 Å². The second-order valence-corrected chi connectivity index (χ2v) is 7.79. The number of likely N-dealkylation sites (tertiary alicyclic amines) is 1. The predicted octanol–water partition coefficient (Wildman–Crippen LogP) is 4.71. The minimum Gasteiger partial charge on any atom is -0.300 e. The van der Waals surface area contributed by atoms with Crippen LogP contribution in [0, 0.1) is 10.7 Å². The first-order valence-electron chi connectivity index (χ1n) is 9.75. The van der Waals surface area contributed by atoms with E-state index in [1.807, 2.05) is 6.07 Å². The molecule has 0 unspecified atom stereocenters. The van der Waals surface area contributed by atoms with E-state index < -0.39 is 0 Å². The van der Waals surface area contributed by atoms with Crippen molar-refractivity contribution in [3.63, 3.8) is 0 Å². The monoisotopic (exact) mass is 356 g/mol. The van der Waals surface area contributed by atoms with Crippen molar-refractivity contribution in [1.29, 1.82) is 0 Å². The highest BCUT2D eigenvalue weighted by atomic mass is 32.1. The highest BCUT2D eigenvalue weighted by Crippen LogP contribution is 2.35. The van der Waals surface area contributed by atoms with Gasteiger partial charge in [0.2, 0.25) is 0 Å². The minimum atomic E-state index is 0.733. The van der Waals surface area contributed by atoms with Gasteiger partial charge >= 0.3 is 0 Å². The summed E-state index contributed by atoms with van der Waals surface area (Å²) >= 11 is 5.76. The summed E-state index contributed by atoms with van der Waals surface area (Å²) in [6.07, 6.45) is 8.27. The molecule has 2 atom stereocenters. The Bertz CT molecular complexity index is 762. The second kappa shape index (κ2) is 7.42. The van der Waals surface area contributed by atoms with Crippen molar-refractivity contribution in [2.75, 3.05) is 6.54 Å². The molecule has 2 heterocycles. The van der Waals surface area contributed by atoms with Crippen molar-refractivity contribution in [2.24, 2.45) is 5.92 Å². The largest absolute Gasteiger partial charge is 0.300 e. The van der Waals surface area contributed by atoms with E-state index in [1.165, 1.54) is 45.1 Å². The molecule has 4 rings (SSSR count). The Morgan fingerprint density at radius 1 is 1.08 bits per heavy atom. The van der Waals surface area contributed by atoms with Crippen molar-refractivity contribution in [3.05, 3.63) is 35.1 Å². The van der Waals surface area contributed by atoms with Crippen molar-refractivity contribution < 1.29 is 0 Å². The van der Waals surface area contributed by atoms with E-state index in [1.54, 1.807) is 0 Å². The van der Waals surface area contributed by atoms with Crippen LogP contribution in [-0.4, -0.2) is 31.8 Å². The number of hydrogen-bond donors (Lipinski definition) is 0. The third-order valence-electron chi connectivity index (χ3n) is 5.94. The van der Waals surface area contributed by atoms with Crippen LogP contribution in [0.3, 0.4) is 0 Å². The molecule has 2 fully saturated rings. The molecule has 1 aliphatic carbocycles. The maximum atomic E-state index is 5.76. The van der Waals surface area contributed by atoms with Crippen molar-refractivity contribution in [1.82, 2.24) is 19.2 Å². The van der Waals surface area contributed by atoms with Crippen LogP contribution in [0.2, 0.25) is 0 Å². The highest BCUT2D eigenvalue weighted by molar-refractivity contribution is 7.71. The molecule has 1 aromatic carbocycles. The number of aromatic nitrogens is 3. The zero-order valence-electron chi connectivity index (χ0n) is 15.1. The Balaban J connectivity index is 1.62. The van der Waals surface area contributed by atoms with Gasteiger partial charge in [-0.2, -0.15) is 5.10 Å². The minimum absolute atomic E-state index is 0.733. The summed E-state index contributed by atoms with van der Waals surface area (Å²) in [5.74, 6) is 1.88. The third kappa shape index (κ3) is 3.32. The smallest absolute Gasteiger partial charge is 0.199 e. The van der Waals surface area contributed by atoms with E-state index in [0.717, 1.165) is 41.3 Å². The summed E-state index contributed by atoms with van der Waals surface area (Å²) in [7, 11) is 0. The first-order valence-corrected chi connectivity index (χ1v) is 10.2. The van der Waals surface area contributed by atoms with Crippen LogP contribution in [0.4, 0.5) is 0 Å². The molecule has 1 saturated carbocycles. The lowest BCUT2D eigenvalue weighted by molar-refractivity contribution is 0.0323. The molecule has 134 valence electrons. The second-order valence-electron chi connectivity index (χ2n) is 7.42. The molecule has 2 aliphatic rings. The van der Waals surface area contributed by atoms with Crippen molar-refractivity contribution >= 4 is 12.2 Å². The highest BCUT2D eigenvalue weighted by Gasteiger charge is 2.33. The predicted molar refractivity (Wildman–Crippen MR) is 104 cm³/mol. The van der Waals surface area contributed by atoms with E-state index in [9.17, 15) is 0 Å². The van der Waals surface area contributed by atoms with Crippen LogP contribution in [0.1, 0.15) is 45.4 Å². The molecule has 0 bridgehead atoms. The van der Waals surface area contributed by atoms with E-state index in [4.69, 9.17) is 17.3 Å². The van der Waals surface area contributed by atoms with Gasteiger partial charge in [0.05, 0.1) is 6.67 Å². The maximum Gasteiger partial charge on any atom is 0.199 e. The Morgan fingerprint density at radius 2 is 1.84 bits per heavy atom. The zero-order chi connectivity index (χ0) is 17.2. The fourth-order valence-electron chi connectivity index (χ4n) is 4.69. The molecular weight excluding hydrogens is 328 g/mol. The van der Waals surface area contributed by atoms with Gasteiger partial charge in [-0.05, 0) is 50.7 Å². The van der Waals surface area contributed by atoms with Gasteiger partial charge in [0.25, 0.3) is 0 Å². The molecule has 1 saturated heterocycles. The average molecular weight is 357 g/mol. The summed E-state index contributed by atoms with van der Waals surface area (Å²) in [5, 5.41) is 4.92. The molecule has 1 aromatic heterocycles. The van der Waals surface area contributed by atoms with Crippen LogP contribution < -0.4 is 0 Å². The van der Waals surface area contributed by atoms with Gasteiger partial charge in [0, 0.05) is 24.7 Å². The standard InChI is InChI=1S/C20H28N4S/c1-2-23-19(17-10-4-3-5-11-17)21-24(20(23)25)15-22-14-8-12-16-9-6-7-13-18(16)22/h3-5,10-11,16,18H,2,6-9,12-15H2,1H3/t16-,18-/m0/s1. The fourth-order valence-corrected chi connectivity index (χ4v) is 5.01. The first-order chi connectivity index (χ1) is 12.3. The molecule has 4 nitrogen and oxygen atoms in total. The zero-order valence-corrected chi connectivity index (χ0v) is 15.9. The van der Waals surface area contributed by atoms with Crippen LogP contribution >= 0.6 is 12.2 Å². The van der Waals surface area contributed by atoms with Gasteiger partial charge in [-0.1, -0.05) is 43.2 Å². The number of piperidine rings is 1. The summed E-state index contributed by atoms with van der Waals surface area (Å²) in [5.41, 5.74) is 1.14. The van der Waals surface area contributed by atoms with E-state index in [-0.39, 0.29) is 0 Å². The summed E-state index contributed by atoms with van der Waals surface area (Å²) in [6.45, 7) is 5.02. The fraction of sp³-hybridized carbons (Fsp3) is 0.600. The van der Waals surface area contributed by atoms with Crippen LogP contribution in [0.15, 0.2) is 30.3 Å².